The fraction of sp³-hybridized carbons (Fsp3) is 0.188. The van der Waals surface area contributed by atoms with Crippen LogP contribution in [0.25, 0.3) is 10.6 Å². The quantitative estimate of drug-likeness (QED) is 0.759. The van der Waals surface area contributed by atoms with Crippen molar-refractivity contribution in [2.45, 2.75) is 19.5 Å². The fourth-order valence-electron chi connectivity index (χ4n) is 2.01. The Balaban J connectivity index is 1.64. The molecule has 1 aromatic carbocycles. The Morgan fingerprint density at radius 3 is 2.81 bits per heavy atom. The summed E-state index contributed by atoms with van der Waals surface area (Å²) in [6, 6.07) is 10.4. The second kappa shape index (κ2) is 6.20. The van der Waals surface area contributed by atoms with E-state index in [0.717, 1.165) is 22.0 Å². The molecule has 21 heavy (non-hydrogen) atoms. The van der Waals surface area contributed by atoms with Crippen LogP contribution in [-0.2, 0) is 6.54 Å². The predicted molar refractivity (Wildman–Crippen MR) is 81.5 cm³/mol. The third-order valence-corrected chi connectivity index (χ3v) is 4.14. The van der Waals surface area contributed by atoms with E-state index in [-0.39, 0.29) is 11.9 Å². The molecule has 0 amide bonds. The Labute approximate surface area is 126 Å². The topological polar surface area (TPSA) is 38.1 Å². The molecule has 3 rings (SSSR count). The van der Waals surface area contributed by atoms with Crippen molar-refractivity contribution in [2.24, 2.45) is 0 Å². The van der Waals surface area contributed by atoms with Crippen LogP contribution < -0.4 is 5.32 Å². The molecule has 0 aliphatic heterocycles. The van der Waals surface area contributed by atoms with Gasteiger partial charge in [-0.1, -0.05) is 0 Å². The summed E-state index contributed by atoms with van der Waals surface area (Å²) < 4.78 is 18.3. The summed E-state index contributed by atoms with van der Waals surface area (Å²) >= 11 is 1.56. The highest BCUT2D eigenvalue weighted by atomic mass is 32.1. The van der Waals surface area contributed by atoms with E-state index in [1.807, 2.05) is 24.4 Å². The molecular weight excluding hydrogens is 287 g/mol. The summed E-state index contributed by atoms with van der Waals surface area (Å²) in [5, 5.41) is 6.28. The van der Waals surface area contributed by atoms with Crippen molar-refractivity contribution in [1.82, 2.24) is 10.3 Å². The summed E-state index contributed by atoms with van der Waals surface area (Å²) in [4.78, 5) is 4.57. The van der Waals surface area contributed by atoms with Crippen LogP contribution in [0.4, 0.5) is 4.39 Å². The van der Waals surface area contributed by atoms with Gasteiger partial charge in [0.1, 0.15) is 16.6 Å². The monoisotopic (exact) mass is 302 g/mol. The highest BCUT2D eigenvalue weighted by Crippen LogP contribution is 2.24. The number of furan rings is 1. The number of nitrogens with zero attached hydrogens (tertiary/aromatic N) is 1. The number of hydrogen-bond acceptors (Lipinski definition) is 4. The van der Waals surface area contributed by atoms with Gasteiger partial charge in [-0.2, -0.15) is 0 Å². The average molecular weight is 302 g/mol. The van der Waals surface area contributed by atoms with Crippen LogP contribution in [0.1, 0.15) is 24.4 Å². The summed E-state index contributed by atoms with van der Waals surface area (Å²) in [5.41, 5.74) is 1.91. The third kappa shape index (κ3) is 3.37. The molecule has 2 heterocycles. The normalized spacial score (nSPS) is 12.5. The Morgan fingerprint density at radius 2 is 2.10 bits per heavy atom. The zero-order valence-corrected chi connectivity index (χ0v) is 12.4. The number of benzene rings is 1. The molecule has 0 unspecified atom stereocenters. The number of rotatable bonds is 5. The fourth-order valence-corrected chi connectivity index (χ4v) is 2.83. The van der Waals surface area contributed by atoms with Gasteiger partial charge in [0.05, 0.1) is 18.0 Å². The molecule has 0 saturated carbocycles. The van der Waals surface area contributed by atoms with Crippen LogP contribution in [0.2, 0.25) is 0 Å². The van der Waals surface area contributed by atoms with Crippen LogP contribution in [-0.4, -0.2) is 4.98 Å². The number of thiazole rings is 1. The number of nitrogens with one attached hydrogen (secondary N) is 1. The summed E-state index contributed by atoms with van der Waals surface area (Å²) in [5.74, 6) is 0.674. The highest BCUT2D eigenvalue weighted by Gasteiger charge is 2.09. The Kier molecular flexibility index (Phi) is 4.13. The van der Waals surface area contributed by atoms with Crippen LogP contribution in [0.15, 0.2) is 52.5 Å². The number of aromatic nitrogens is 1. The largest absolute Gasteiger partial charge is 0.468 e. The van der Waals surface area contributed by atoms with Crippen molar-refractivity contribution in [2.75, 3.05) is 0 Å². The lowest BCUT2D eigenvalue weighted by molar-refractivity contribution is 0.429. The second-order valence-electron chi connectivity index (χ2n) is 4.77. The third-order valence-electron chi connectivity index (χ3n) is 3.20. The average Bonchev–Trinajstić information content (AvgIpc) is 3.17. The first-order valence-corrected chi connectivity index (χ1v) is 7.57. The SMILES string of the molecule is C[C@H](NCc1csc(-c2ccc(F)cc2)n1)c1ccco1. The van der Waals surface area contributed by atoms with E-state index in [1.165, 1.54) is 12.1 Å². The molecule has 0 fully saturated rings. The minimum Gasteiger partial charge on any atom is -0.468 e. The molecule has 0 aliphatic carbocycles. The molecule has 0 aliphatic rings. The minimum absolute atomic E-state index is 0.135. The van der Waals surface area contributed by atoms with Gasteiger partial charge >= 0.3 is 0 Å². The molecule has 1 N–H and O–H groups in total. The summed E-state index contributed by atoms with van der Waals surface area (Å²) in [6.45, 7) is 2.71. The summed E-state index contributed by atoms with van der Waals surface area (Å²) in [6.07, 6.45) is 1.67. The van der Waals surface area contributed by atoms with Crippen LogP contribution >= 0.6 is 11.3 Å². The van der Waals surface area contributed by atoms with E-state index in [1.54, 1.807) is 29.7 Å². The van der Waals surface area contributed by atoms with Gasteiger partial charge < -0.3 is 9.73 Å². The van der Waals surface area contributed by atoms with E-state index in [2.05, 4.69) is 10.3 Å². The standard InChI is InChI=1S/C16H15FN2OS/c1-11(15-3-2-8-20-15)18-9-14-10-21-16(19-14)12-4-6-13(17)7-5-12/h2-8,10-11,18H,9H2,1H3/t11-/m0/s1. The molecule has 108 valence electrons. The maximum Gasteiger partial charge on any atom is 0.123 e. The van der Waals surface area contributed by atoms with Gasteiger partial charge in [0.2, 0.25) is 0 Å². The lowest BCUT2D eigenvalue weighted by Gasteiger charge is -2.09. The molecule has 3 nitrogen and oxygen atoms in total. The molecule has 0 spiro atoms. The molecule has 0 saturated heterocycles. The Morgan fingerprint density at radius 1 is 1.29 bits per heavy atom. The first-order chi connectivity index (χ1) is 10.2. The molecule has 0 bridgehead atoms. The maximum atomic E-state index is 12.9. The van der Waals surface area contributed by atoms with Crippen molar-refractivity contribution in [1.29, 1.82) is 0 Å². The molecule has 5 heteroatoms. The van der Waals surface area contributed by atoms with Crippen molar-refractivity contribution >= 4 is 11.3 Å². The van der Waals surface area contributed by atoms with Crippen LogP contribution in [0.3, 0.4) is 0 Å². The highest BCUT2D eigenvalue weighted by molar-refractivity contribution is 7.13. The van der Waals surface area contributed by atoms with E-state index in [9.17, 15) is 4.39 Å². The van der Waals surface area contributed by atoms with E-state index in [0.29, 0.717) is 6.54 Å². The van der Waals surface area contributed by atoms with Gasteiger partial charge in [-0.05, 0) is 43.3 Å². The molecule has 1 atom stereocenters. The lowest BCUT2D eigenvalue weighted by atomic mass is 10.2. The Hall–Kier alpha value is -1.98. The molecule has 3 aromatic rings. The first-order valence-electron chi connectivity index (χ1n) is 6.69. The van der Waals surface area contributed by atoms with Gasteiger partial charge in [-0.3, -0.25) is 0 Å². The zero-order valence-electron chi connectivity index (χ0n) is 11.5. The van der Waals surface area contributed by atoms with E-state index >= 15 is 0 Å². The zero-order chi connectivity index (χ0) is 14.7. The predicted octanol–water partition coefficient (Wildman–Crippen LogP) is 4.39. The van der Waals surface area contributed by atoms with E-state index < -0.39 is 0 Å². The van der Waals surface area contributed by atoms with Crippen LogP contribution in [0, 0.1) is 5.82 Å². The van der Waals surface area contributed by atoms with Gasteiger partial charge in [0.15, 0.2) is 0 Å². The first kappa shape index (κ1) is 14.0. The number of hydrogen-bond donors (Lipinski definition) is 1. The van der Waals surface area contributed by atoms with Gasteiger partial charge in [-0.15, -0.1) is 11.3 Å². The van der Waals surface area contributed by atoms with Gasteiger partial charge in [0.25, 0.3) is 0 Å². The minimum atomic E-state index is -0.232. The van der Waals surface area contributed by atoms with Crippen molar-refractivity contribution < 1.29 is 8.81 Å². The molecule has 0 radical (unpaired) electrons. The smallest absolute Gasteiger partial charge is 0.123 e. The Bertz CT molecular complexity index is 691. The van der Waals surface area contributed by atoms with E-state index in [4.69, 9.17) is 4.42 Å². The second-order valence-corrected chi connectivity index (χ2v) is 5.63. The maximum absolute atomic E-state index is 12.9. The lowest BCUT2D eigenvalue weighted by Crippen LogP contribution is -2.17. The number of halogens is 1. The van der Waals surface area contributed by atoms with Crippen molar-refractivity contribution in [3.8, 4) is 10.6 Å². The van der Waals surface area contributed by atoms with Gasteiger partial charge in [-0.25, -0.2) is 9.37 Å². The van der Waals surface area contributed by atoms with Gasteiger partial charge in [0, 0.05) is 17.5 Å². The molecule has 2 aromatic heterocycles. The van der Waals surface area contributed by atoms with Crippen molar-refractivity contribution in [3.63, 3.8) is 0 Å². The van der Waals surface area contributed by atoms with Crippen molar-refractivity contribution in [3.05, 3.63) is 65.3 Å². The summed E-state index contributed by atoms with van der Waals surface area (Å²) in [7, 11) is 0. The molecular formula is C16H15FN2OS. The van der Waals surface area contributed by atoms with Crippen LogP contribution in [0.5, 0.6) is 0 Å².